The van der Waals surface area contributed by atoms with E-state index in [1.165, 1.54) is 0 Å². The number of Topliss-reactive ketones (excluding diaryl/α,β-unsaturated/α-hetero) is 1. The minimum absolute atomic E-state index is 0.0151. The van der Waals surface area contributed by atoms with Gasteiger partial charge in [0.2, 0.25) is 5.91 Å². The van der Waals surface area contributed by atoms with Gasteiger partial charge in [-0.2, -0.15) is 0 Å². The van der Waals surface area contributed by atoms with Crippen LogP contribution >= 0.6 is 0 Å². The largest absolute Gasteiger partial charge is 0.508 e. The lowest BCUT2D eigenvalue weighted by atomic mass is 10.0. The molecule has 0 bridgehead atoms. The van der Waals surface area contributed by atoms with Crippen LogP contribution in [-0.4, -0.2) is 23.3 Å². The molecule has 0 unspecified atom stereocenters. The van der Waals surface area contributed by atoms with Crippen molar-refractivity contribution in [3.8, 4) is 5.75 Å². The van der Waals surface area contributed by atoms with Crippen molar-refractivity contribution in [3.63, 3.8) is 0 Å². The number of carbonyl (C=O) groups excluding carboxylic acids is 2. The van der Waals surface area contributed by atoms with Gasteiger partial charge in [-0.15, -0.1) is 0 Å². The first kappa shape index (κ1) is 16.7. The molecule has 0 spiro atoms. The first-order valence-electron chi connectivity index (χ1n) is 7.69. The summed E-state index contributed by atoms with van der Waals surface area (Å²) in [5, 5.41) is 12.0. The van der Waals surface area contributed by atoms with Gasteiger partial charge in [-0.3, -0.25) is 9.59 Å². The van der Waals surface area contributed by atoms with E-state index in [4.69, 9.17) is 0 Å². The van der Waals surface area contributed by atoms with Gasteiger partial charge < -0.3 is 10.4 Å². The van der Waals surface area contributed by atoms with E-state index >= 15 is 0 Å². The van der Waals surface area contributed by atoms with E-state index in [2.05, 4.69) is 5.32 Å². The van der Waals surface area contributed by atoms with E-state index in [0.29, 0.717) is 18.5 Å². The molecule has 2 N–H and O–H groups in total. The van der Waals surface area contributed by atoms with Crippen LogP contribution in [-0.2, 0) is 11.2 Å². The van der Waals surface area contributed by atoms with Gasteiger partial charge >= 0.3 is 0 Å². The fourth-order valence-electron chi connectivity index (χ4n) is 2.21. The third-order valence-corrected chi connectivity index (χ3v) is 3.62. The van der Waals surface area contributed by atoms with Gasteiger partial charge in [0, 0.05) is 24.9 Å². The smallest absolute Gasteiger partial charge is 0.220 e. The van der Waals surface area contributed by atoms with E-state index in [9.17, 15) is 14.7 Å². The molecule has 2 aromatic rings. The number of aryl methyl sites for hydroxylation is 1. The van der Waals surface area contributed by atoms with Crippen LogP contribution in [0, 0.1) is 6.92 Å². The summed E-state index contributed by atoms with van der Waals surface area (Å²) in [7, 11) is 0. The topological polar surface area (TPSA) is 66.4 Å². The third-order valence-electron chi connectivity index (χ3n) is 3.62. The number of aromatic hydroxyl groups is 1. The number of amides is 1. The van der Waals surface area contributed by atoms with Crippen molar-refractivity contribution in [1.82, 2.24) is 5.32 Å². The molecule has 4 nitrogen and oxygen atoms in total. The number of rotatable bonds is 7. The maximum atomic E-state index is 12.0. The molecule has 0 heterocycles. The van der Waals surface area contributed by atoms with E-state index in [0.717, 1.165) is 11.1 Å². The molecular formula is C19H21NO3. The van der Waals surface area contributed by atoms with Crippen molar-refractivity contribution < 1.29 is 14.7 Å². The number of ketones is 1. The average molecular weight is 311 g/mol. The third kappa shape index (κ3) is 5.58. The summed E-state index contributed by atoms with van der Waals surface area (Å²) in [6.45, 7) is 2.48. The lowest BCUT2D eigenvalue weighted by molar-refractivity contribution is -0.121. The molecule has 23 heavy (non-hydrogen) atoms. The average Bonchev–Trinajstić information content (AvgIpc) is 2.55. The van der Waals surface area contributed by atoms with E-state index in [1.54, 1.807) is 24.3 Å². The molecule has 1 amide bonds. The summed E-state index contributed by atoms with van der Waals surface area (Å²) >= 11 is 0. The van der Waals surface area contributed by atoms with Gasteiger partial charge in [0.15, 0.2) is 5.78 Å². The Labute approximate surface area is 136 Å². The van der Waals surface area contributed by atoms with Crippen molar-refractivity contribution in [2.45, 2.75) is 26.2 Å². The molecule has 0 aliphatic heterocycles. The molecular weight excluding hydrogens is 290 g/mol. The van der Waals surface area contributed by atoms with Crippen LogP contribution in [0.1, 0.15) is 34.3 Å². The van der Waals surface area contributed by atoms with Crippen LogP contribution in [0.4, 0.5) is 0 Å². The van der Waals surface area contributed by atoms with E-state index in [-0.39, 0.29) is 30.3 Å². The maximum Gasteiger partial charge on any atom is 0.220 e. The SMILES string of the molecule is Cc1ccc(C(=O)CCC(=O)NCCc2ccc(O)cc2)cc1. The predicted octanol–water partition coefficient (Wildman–Crippen LogP) is 3.02. The first-order chi connectivity index (χ1) is 11.0. The first-order valence-corrected chi connectivity index (χ1v) is 7.69. The van der Waals surface area contributed by atoms with Crippen LogP contribution < -0.4 is 5.32 Å². The zero-order valence-electron chi connectivity index (χ0n) is 13.2. The zero-order valence-corrected chi connectivity index (χ0v) is 13.2. The summed E-state index contributed by atoms with van der Waals surface area (Å²) in [5.74, 6) is 0.0929. The Kier molecular flexibility index (Phi) is 5.92. The molecule has 2 aromatic carbocycles. The monoisotopic (exact) mass is 311 g/mol. The van der Waals surface area contributed by atoms with Gasteiger partial charge in [0.1, 0.15) is 5.75 Å². The predicted molar refractivity (Wildman–Crippen MR) is 89.6 cm³/mol. The second-order valence-corrected chi connectivity index (χ2v) is 5.56. The number of benzene rings is 2. The number of hydrogen-bond acceptors (Lipinski definition) is 3. The highest BCUT2D eigenvalue weighted by atomic mass is 16.3. The highest BCUT2D eigenvalue weighted by Gasteiger charge is 2.09. The molecule has 0 aliphatic rings. The molecule has 0 atom stereocenters. The summed E-state index contributed by atoms with van der Waals surface area (Å²) in [4.78, 5) is 23.8. The van der Waals surface area contributed by atoms with E-state index < -0.39 is 0 Å². The number of carbonyl (C=O) groups is 2. The van der Waals surface area contributed by atoms with Crippen LogP contribution in [0.3, 0.4) is 0 Å². The molecule has 0 radical (unpaired) electrons. The highest BCUT2D eigenvalue weighted by Crippen LogP contribution is 2.10. The fourth-order valence-corrected chi connectivity index (χ4v) is 2.21. The molecule has 120 valence electrons. The van der Waals surface area contributed by atoms with Gasteiger partial charge in [0.05, 0.1) is 0 Å². The lowest BCUT2D eigenvalue weighted by Gasteiger charge is -2.06. The highest BCUT2D eigenvalue weighted by molar-refractivity contribution is 5.97. The van der Waals surface area contributed by atoms with Gasteiger partial charge in [-0.1, -0.05) is 42.0 Å². The lowest BCUT2D eigenvalue weighted by Crippen LogP contribution is -2.26. The molecule has 0 fully saturated rings. The van der Waals surface area contributed by atoms with Crippen LogP contribution in [0.5, 0.6) is 5.75 Å². The van der Waals surface area contributed by atoms with E-state index in [1.807, 2.05) is 31.2 Å². The van der Waals surface area contributed by atoms with Crippen molar-refractivity contribution in [3.05, 3.63) is 65.2 Å². The number of phenolic OH excluding ortho intramolecular Hbond substituents is 1. The summed E-state index contributed by atoms with van der Waals surface area (Å²) in [5.41, 5.74) is 2.79. The van der Waals surface area contributed by atoms with Crippen molar-refractivity contribution >= 4 is 11.7 Å². The number of phenols is 1. The molecule has 0 aromatic heterocycles. The molecule has 0 aliphatic carbocycles. The standard InChI is InChI=1S/C19H21NO3/c1-14-2-6-16(7-3-14)18(22)10-11-19(23)20-13-12-15-4-8-17(21)9-5-15/h2-9,21H,10-13H2,1H3,(H,20,23). The minimum atomic E-state index is -0.121. The molecule has 4 heteroatoms. The minimum Gasteiger partial charge on any atom is -0.508 e. The van der Waals surface area contributed by atoms with Crippen molar-refractivity contribution in [1.29, 1.82) is 0 Å². The Hall–Kier alpha value is -2.62. The van der Waals surface area contributed by atoms with Crippen LogP contribution in [0.15, 0.2) is 48.5 Å². The molecule has 2 rings (SSSR count). The quantitative estimate of drug-likeness (QED) is 0.772. The molecule has 0 saturated carbocycles. The summed E-state index contributed by atoms with van der Waals surface area (Å²) < 4.78 is 0. The Morgan fingerprint density at radius 3 is 2.26 bits per heavy atom. The van der Waals surface area contributed by atoms with Gasteiger partial charge in [-0.25, -0.2) is 0 Å². The Balaban J connectivity index is 1.69. The van der Waals surface area contributed by atoms with Gasteiger partial charge in [-0.05, 0) is 31.0 Å². The second kappa shape index (κ2) is 8.13. The van der Waals surface area contributed by atoms with Crippen LogP contribution in [0.2, 0.25) is 0 Å². The van der Waals surface area contributed by atoms with Crippen molar-refractivity contribution in [2.24, 2.45) is 0 Å². The van der Waals surface area contributed by atoms with Crippen LogP contribution in [0.25, 0.3) is 0 Å². The Morgan fingerprint density at radius 1 is 0.957 bits per heavy atom. The summed E-state index contributed by atoms with van der Waals surface area (Å²) in [6.07, 6.45) is 1.11. The normalized spacial score (nSPS) is 10.3. The number of nitrogens with one attached hydrogen (secondary N) is 1. The number of hydrogen-bond donors (Lipinski definition) is 2. The maximum absolute atomic E-state index is 12.0. The molecule has 0 saturated heterocycles. The zero-order chi connectivity index (χ0) is 16.7. The Bertz CT molecular complexity index is 660. The Morgan fingerprint density at radius 2 is 1.61 bits per heavy atom. The summed E-state index contributed by atoms with van der Waals surface area (Å²) in [6, 6.07) is 14.3. The van der Waals surface area contributed by atoms with Gasteiger partial charge in [0.25, 0.3) is 0 Å². The second-order valence-electron chi connectivity index (χ2n) is 5.56. The fraction of sp³-hybridized carbons (Fsp3) is 0.263. The van der Waals surface area contributed by atoms with Crippen molar-refractivity contribution in [2.75, 3.05) is 6.54 Å².